The Morgan fingerprint density at radius 1 is 0.940 bits per heavy atom. The molecule has 2 aromatic carbocycles. The standard InChI is InChI=1S/C39H46N4O6S/c1-41-18-16-38(36(41)45)15-6-17-42(22-38)37(46)39-21-31(39)30-20-26(49-2)10-14-28(30)34-33(24-7-4-3-5-8-24)29-13-9-25(19-32(29)43(34)23-39)35(44)40-50(47,48)27-11-12-27/h9-10,13-14,19-20,24,27,31H,3-8,11-12,15-18,21-23H2,1-2H3,(H,40,44). The number of carbonyl (C=O) groups excluding carboxylic acids is 3. The van der Waals surface area contributed by atoms with Gasteiger partial charge in [0.25, 0.3) is 5.91 Å². The number of sulfonamides is 1. The molecule has 1 N–H and O–H groups in total. The lowest BCUT2D eigenvalue weighted by molar-refractivity contribution is -0.146. The fraction of sp³-hybridized carbons (Fsp3) is 0.564. The Kier molecular flexibility index (Phi) is 7.26. The first-order chi connectivity index (χ1) is 24.0. The normalized spacial score (nSPS) is 27.9. The number of nitrogens with one attached hydrogen (secondary N) is 1. The van der Waals surface area contributed by atoms with Gasteiger partial charge in [0.15, 0.2) is 0 Å². The van der Waals surface area contributed by atoms with Crippen LogP contribution >= 0.6 is 0 Å². The molecule has 2 saturated heterocycles. The van der Waals surface area contributed by atoms with Crippen LogP contribution in [0.3, 0.4) is 0 Å². The highest BCUT2D eigenvalue weighted by Crippen LogP contribution is 2.66. The first kappa shape index (κ1) is 32.1. The first-order valence-electron chi connectivity index (χ1n) is 18.5. The van der Waals surface area contributed by atoms with Crippen LogP contribution in [0.1, 0.15) is 104 Å². The third-order valence-electron chi connectivity index (χ3n) is 13.0. The zero-order valence-corrected chi connectivity index (χ0v) is 29.8. The van der Waals surface area contributed by atoms with Gasteiger partial charge in [0.2, 0.25) is 21.8 Å². The molecule has 5 fully saturated rings. The molecular formula is C39H46N4O6S. The predicted molar refractivity (Wildman–Crippen MR) is 189 cm³/mol. The number of nitrogens with zero attached hydrogens (tertiary/aromatic N) is 3. The van der Waals surface area contributed by atoms with Gasteiger partial charge in [0.05, 0.1) is 28.9 Å². The number of amides is 3. The van der Waals surface area contributed by atoms with Crippen molar-refractivity contribution in [1.82, 2.24) is 19.1 Å². The van der Waals surface area contributed by atoms with Crippen molar-refractivity contribution in [2.45, 2.75) is 94.3 Å². The van der Waals surface area contributed by atoms with Crippen LogP contribution in [0.15, 0.2) is 36.4 Å². The molecule has 50 heavy (non-hydrogen) atoms. The maximum Gasteiger partial charge on any atom is 0.264 e. The van der Waals surface area contributed by atoms with Gasteiger partial charge in [-0.25, -0.2) is 13.1 Å². The summed E-state index contributed by atoms with van der Waals surface area (Å²) in [5, 5.41) is 0.561. The molecule has 4 heterocycles. The predicted octanol–water partition coefficient (Wildman–Crippen LogP) is 5.54. The summed E-state index contributed by atoms with van der Waals surface area (Å²) in [5.41, 5.74) is 4.55. The molecule has 3 aliphatic carbocycles. The minimum absolute atomic E-state index is 0.00995. The zero-order chi connectivity index (χ0) is 34.6. The highest BCUT2D eigenvalue weighted by Gasteiger charge is 2.65. The summed E-state index contributed by atoms with van der Waals surface area (Å²) in [6, 6.07) is 11.9. The Labute approximate surface area is 293 Å². The molecule has 10 nitrogen and oxygen atoms in total. The van der Waals surface area contributed by atoms with E-state index in [0.717, 1.165) is 85.0 Å². The molecule has 0 radical (unpaired) electrons. The van der Waals surface area contributed by atoms with Crippen LogP contribution in [0.2, 0.25) is 0 Å². The van der Waals surface area contributed by atoms with Crippen molar-refractivity contribution in [1.29, 1.82) is 0 Å². The second kappa shape index (κ2) is 11.3. The van der Waals surface area contributed by atoms with Crippen molar-refractivity contribution < 1.29 is 27.5 Å². The van der Waals surface area contributed by atoms with E-state index in [2.05, 4.69) is 21.4 Å². The Morgan fingerprint density at radius 2 is 1.74 bits per heavy atom. The number of piperidine rings is 1. The van der Waals surface area contributed by atoms with Crippen LogP contribution in [0, 0.1) is 10.8 Å². The van der Waals surface area contributed by atoms with E-state index in [9.17, 15) is 18.0 Å². The molecule has 1 spiro atoms. The summed E-state index contributed by atoms with van der Waals surface area (Å²) in [6.07, 6.45) is 9.91. The lowest BCUT2D eigenvalue weighted by atomic mass is 9.78. The van der Waals surface area contributed by atoms with Gasteiger partial charge in [0.1, 0.15) is 5.75 Å². The van der Waals surface area contributed by atoms with Gasteiger partial charge in [-0.1, -0.05) is 25.3 Å². The van der Waals surface area contributed by atoms with E-state index in [1.807, 2.05) is 35.0 Å². The molecule has 1 aromatic heterocycles. The number of benzene rings is 2. The number of carbonyl (C=O) groups is 3. The lowest BCUT2D eigenvalue weighted by Gasteiger charge is -2.40. The Bertz CT molecular complexity index is 2060. The van der Waals surface area contributed by atoms with Crippen molar-refractivity contribution in [2.24, 2.45) is 10.8 Å². The number of aromatic nitrogens is 1. The minimum atomic E-state index is -3.72. The molecule has 0 bridgehead atoms. The van der Waals surface area contributed by atoms with E-state index in [0.29, 0.717) is 50.4 Å². The first-order valence-corrected chi connectivity index (χ1v) is 20.1. The molecule has 9 rings (SSSR count). The fourth-order valence-electron chi connectivity index (χ4n) is 10.1. The van der Waals surface area contributed by atoms with Crippen molar-refractivity contribution in [3.05, 3.63) is 53.1 Å². The summed E-state index contributed by atoms with van der Waals surface area (Å²) in [5.74, 6) is 0.725. The number of likely N-dealkylation sites (tertiary alicyclic amines) is 2. The van der Waals surface area contributed by atoms with Gasteiger partial charge >= 0.3 is 0 Å². The Balaban J connectivity index is 1.19. The Hall–Kier alpha value is -3.86. The average Bonchev–Trinajstić information content (AvgIpc) is 4.05. The van der Waals surface area contributed by atoms with Crippen LogP contribution in [0.4, 0.5) is 0 Å². The van der Waals surface area contributed by atoms with Gasteiger partial charge in [-0.15, -0.1) is 0 Å². The smallest absolute Gasteiger partial charge is 0.264 e. The van der Waals surface area contributed by atoms with Gasteiger partial charge in [-0.2, -0.15) is 0 Å². The topological polar surface area (TPSA) is 118 Å². The second-order valence-corrected chi connectivity index (χ2v) is 18.0. The molecule has 3 saturated carbocycles. The maximum absolute atomic E-state index is 15.0. The maximum atomic E-state index is 15.0. The van der Waals surface area contributed by atoms with Gasteiger partial charge < -0.3 is 19.1 Å². The van der Waals surface area contributed by atoms with E-state index < -0.39 is 32.0 Å². The highest BCUT2D eigenvalue weighted by molar-refractivity contribution is 7.91. The summed E-state index contributed by atoms with van der Waals surface area (Å²) in [6.45, 7) is 2.28. The highest BCUT2D eigenvalue weighted by atomic mass is 32.2. The molecule has 6 aliphatic rings. The van der Waals surface area contributed by atoms with Crippen LogP contribution in [-0.2, 0) is 26.2 Å². The number of methoxy groups -OCH3 is 1. The molecule has 3 amide bonds. The molecule has 3 unspecified atom stereocenters. The number of rotatable bonds is 6. The van der Waals surface area contributed by atoms with E-state index in [1.165, 1.54) is 12.0 Å². The Morgan fingerprint density at radius 3 is 2.46 bits per heavy atom. The summed E-state index contributed by atoms with van der Waals surface area (Å²) in [4.78, 5) is 45.7. The molecular weight excluding hydrogens is 653 g/mol. The van der Waals surface area contributed by atoms with Gasteiger partial charge in [-0.05, 0) is 98.7 Å². The van der Waals surface area contributed by atoms with Crippen LogP contribution in [0.25, 0.3) is 22.2 Å². The van der Waals surface area contributed by atoms with Crippen molar-refractivity contribution in [3.8, 4) is 17.0 Å². The molecule has 264 valence electrons. The monoisotopic (exact) mass is 698 g/mol. The summed E-state index contributed by atoms with van der Waals surface area (Å²) in [7, 11) is -0.181. The van der Waals surface area contributed by atoms with Crippen LogP contribution < -0.4 is 9.46 Å². The third-order valence-corrected chi connectivity index (χ3v) is 14.8. The molecule has 3 aromatic rings. The van der Waals surface area contributed by atoms with Gasteiger partial charge in [0, 0.05) is 61.2 Å². The third kappa shape index (κ3) is 4.85. The van der Waals surface area contributed by atoms with Crippen LogP contribution in [-0.4, -0.2) is 79.5 Å². The molecule has 11 heteroatoms. The lowest BCUT2D eigenvalue weighted by Crippen LogP contribution is -2.52. The zero-order valence-electron chi connectivity index (χ0n) is 29.0. The van der Waals surface area contributed by atoms with Crippen LogP contribution in [0.5, 0.6) is 5.75 Å². The van der Waals surface area contributed by atoms with E-state index in [-0.39, 0.29) is 17.7 Å². The fourth-order valence-corrected chi connectivity index (χ4v) is 11.4. The summed E-state index contributed by atoms with van der Waals surface area (Å²) < 4.78 is 35.9. The molecule has 3 atom stereocenters. The minimum Gasteiger partial charge on any atom is -0.497 e. The number of ether oxygens (including phenoxy) is 1. The van der Waals surface area contributed by atoms with Crippen molar-refractivity contribution in [3.63, 3.8) is 0 Å². The summed E-state index contributed by atoms with van der Waals surface area (Å²) >= 11 is 0. The van der Waals surface area contributed by atoms with Gasteiger partial charge in [-0.3, -0.25) is 14.4 Å². The average molecular weight is 699 g/mol. The second-order valence-electron chi connectivity index (χ2n) is 16.0. The number of hydrogen-bond acceptors (Lipinski definition) is 6. The largest absolute Gasteiger partial charge is 0.497 e. The quantitative estimate of drug-likeness (QED) is 0.361. The van der Waals surface area contributed by atoms with E-state index >= 15 is 4.79 Å². The van der Waals surface area contributed by atoms with Crippen molar-refractivity contribution in [2.75, 3.05) is 33.8 Å². The molecule has 3 aliphatic heterocycles. The number of hydrogen-bond donors (Lipinski definition) is 1. The SMILES string of the molecule is COc1ccc2c(c1)C1CC1(C(=O)N1CCCC3(CCN(C)C3=O)C1)Cn1c-2c(C2CCCCC2)c2ccc(C(=O)NS(=O)(=O)C3CC3)cc21. The van der Waals surface area contributed by atoms with E-state index in [1.54, 1.807) is 13.2 Å². The number of fused-ring (bicyclic) bond motifs is 7. The van der Waals surface area contributed by atoms with E-state index in [4.69, 9.17) is 4.74 Å². The van der Waals surface area contributed by atoms with Crippen molar-refractivity contribution >= 4 is 38.6 Å².